The molecule has 0 aliphatic heterocycles. The number of hydrogen-bond donors (Lipinski definition) is 1. The van der Waals surface area contributed by atoms with E-state index in [1.807, 2.05) is 0 Å². The molecule has 3 nitrogen and oxygen atoms in total. The Bertz CT molecular complexity index is 309. The lowest BCUT2D eigenvalue weighted by molar-refractivity contribution is 0.00308. The van der Waals surface area contributed by atoms with Crippen molar-refractivity contribution in [1.29, 1.82) is 0 Å². The van der Waals surface area contributed by atoms with Crippen LogP contribution in [0.2, 0.25) is 5.02 Å². The van der Waals surface area contributed by atoms with Crippen LogP contribution in [0.1, 0.15) is 5.56 Å². The molecule has 0 aliphatic rings. The SMILES string of the molecule is COCCONCc1cc(Cl)ccc1F. The third kappa shape index (κ3) is 4.57. The Balaban J connectivity index is 2.33. The van der Waals surface area contributed by atoms with Crippen molar-refractivity contribution in [3.05, 3.63) is 34.6 Å². The average Bonchev–Trinajstić information content (AvgIpc) is 2.23. The molecule has 0 saturated carbocycles. The molecule has 0 aliphatic carbocycles. The Kier molecular flexibility index (Phi) is 5.57. The summed E-state index contributed by atoms with van der Waals surface area (Å²) in [5, 5.41) is 0.505. The van der Waals surface area contributed by atoms with Gasteiger partial charge in [0.25, 0.3) is 0 Å². The summed E-state index contributed by atoms with van der Waals surface area (Å²) in [6, 6.07) is 4.39. The van der Waals surface area contributed by atoms with Gasteiger partial charge in [0.2, 0.25) is 0 Å². The molecule has 0 aromatic heterocycles. The average molecular weight is 234 g/mol. The molecule has 1 rings (SSSR count). The van der Waals surface area contributed by atoms with Crippen molar-refractivity contribution >= 4 is 11.6 Å². The Labute approximate surface area is 93.1 Å². The van der Waals surface area contributed by atoms with E-state index >= 15 is 0 Å². The summed E-state index contributed by atoms with van der Waals surface area (Å²) in [5.74, 6) is -0.303. The summed E-state index contributed by atoms with van der Waals surface area (Å²) in [5.41, 5.74) is 3.10. The third-order valence-corrected chi connectivity index (χ3v) is 2.00. The molecule has 15 heavy (non-hydrogen) atoms. The van der Waals surface area contributed by atoms with Gasteiger partial charge in [0.1, 0.15) is 5.82 Å². The highest BCUT2D eigenvalue weighted by atomic mass is 35.5. The van der Waals surface area contributed by atoms with Gasteiger partial charge < -0.3 is 4.74 Å². The highest BCUT2D eigenvalue weighted by molar-refractivity contribution is 6.30. The van der Waals surface area contributed by atoms with Gasteiger partial charge >= 0.3 is 0 Å². The zero-order chi connectivity index (χ0) is 11.1. The second kappa shape index (κ2) is 6.74. The molecule has 0 saturated heterocycles. The number of hydrogen-bond acceptors (Lipinski definition) is 3. The summed E-state index contributed by atoms with van der Waals surface area (Å²) < 4.78 is 17.9. The van der Waals surface area contributed by atoms with Crippen LogP contribution in [0, 0.1) is 5.82 Å². The molecule has 1 aromatic carbocycles. The molecule has 0 fully saturated rings. The summed E-state index contributed by atoms with van der Waals surface area (Å²) in [6.07, 6.45) is 0. The van der Waals surface area contributed by atoms with E-state index in [-0.39, 0.29) is 12.4 Å². The smallest absolute Gasteiger partial charge is 0.127 e. The quantitative estimate of drug-likeness (QED) is 0.603. The highest BCUT2D eigenvalue weighted by Gasteiger charge is 2.02. The molecule has 0 heterocycles. The van der Waals surface area contributed by atoms with Crippen LogP contribution in [-0.4, -0.2) is 20.3 Å². The summed E-state index contributed by atoms with van der Waals surface area (Å²) >= 11 is 5.72. The van der Waals surface area contributed by atoms with Gasteiger partial charge in [-0.2, -0.15) is 5.48 Å². The number of ether oxygens (including phenoxy) is 1. The monoisotopic (exact) mass is 233 g/mol. The van der Waals surface area contributed by atoms with Crippen molar-refractivity contribution in [2.75, 3.05) is 20.3 Å². The van der Waals surface area contributed by atoms with Crippen molar-refractivity contribution < 1.29 is 14.0 Å². The molecule has 0 bridgehead atoms. The summed E-state index contributed by atoms with van der Waals surface area (Å²) in [6.45, 7) is 1.18. The van der Waals surface area contributed by atoms with Crippen LogP contribution in [0.3, 0.4) is 0 Å². The molecule has 0 amide bonds. The van der Waals surface area contributed by atoms with Crippen LogP contribution in [0.5, 0.6) is 0 Å². The van der Waals surface area contributed by atoms with Crippen molar-refractivity contribution in [2.24, 2.45) is 0 Å². The predicted molar refractivity (Wildman–Crippen MR) is 56.1 cm³/mol. The standard InChI is InChI=1S/C10H13ClFNO2/c1-14-4-5-15-13-7-8-6-9(11)2-3-10(8)12/h2-3,6,13H,4-5,7H2,1H3. The third-order valence-electron chi connectivity index (χ3n) is 1.76. The van der Waals surface area contributed by atoms with Gasteiger partial charge in [-0.3, -0.25) is 4.84 Å². The van der Waals surface area contributed by atoms with Crippen molar-refractivity contribution in [3.8, 4) is 0 Å². The van der Waals surface area contributed by atoms with Gasteiger partial charge in [-0.25, -0.2) is 4.39 Å². The van der Waals surface area contributed by atoms with Gasteiger partial charge in [-0.15, -0.1) is 0 Å². The molecular weight excluding hydrogens is 221 g/mol. The van der Waals surface area contributed by atoms with Gasteiger partial charge in [0.05, 0.1) is 13.2 Å². The fourth-order valence-corrected chi connectivity index (χ4v) is 1.20. The minimum Gasteiger partial charge on any atom is -0.382 e. The van der Waals surface area contributed by atoms with Gasteiger partial charge in [-0.05, 0) is 18.2 Å². The lowest BCUT2D eigenvalue weighted by Gasteiger charge is -2.06. The van der Waals surface area contributed by atoms with Crippen LogP contribution < -0.4 is 5.48 Å². The fraction of sp³-hybridized carbons (Fsp3) is 0.400. The largest absolute Gasteiger partial charge is 0.382 e. The zero-order valence-corrected chi connectivity index (χ0v) is 9.18. The first-order valence-corrected chi connectivity index (χ1v) is 4.89. The second-order valence-electron chi connectivity index (χ2n) is 2.90. The lowest BCUT2D eigenvalue weighted by atomic mass is 10.2. The van der Waals surface area contributed by atoms with Crippen molar-refractivity contribution in [1.82, 2.24) is 5.48 Å². The summed E-state index contributed by atoms with van der Waals surface area (Å²) in [7, 11) is 1.58. The molecular formula is C10H13ClFNO2. The van der Waals surface area contributed by atoms with Crippen molar-refractivity contribution in [3.63, 3.8) is 0 Å². The van der Waals surface area contributed by atoms with Crippen LogP contribution in [0.4, 0.5) is 4.39 Å². The maximum Gasteiger partial charge on any atom is 0.127 e. The number of benzene rings is 1. The normalized spacial score (nSPS) is 10.6. The first-order valence-electron chi connectivity index (χ1n) is 4.51. The number of rotatable bonds is 6. The lowest BCUT2D eigenvalue weighted by Crippen LogP contribution is -2.17. The molecule has 0 atom stereocenters. The van der Waals surface area contributed by atoms with Gasteiger partial charge in [0.15, 0.2) is 0 Å². The maximum atomic E-state index is 13.2. The minimum absolute atomic E-state index is 0.274. The second-order valence-corrected chi connectivity index (χ2v) is 3.33. The Morgan fingerprint density at radius 3 is 2.93 bits per heavy atom. The molecule has 0 radical (unpaired) electrons. The van der Waals surface area contributed by atoms with E-state index in [0.717, 1.165) is 0 Å². The molecule has 5 heteroatoms. The Morgan fingerprint density at radius 1 is 1.40 bits per heavy atom. The predicted octanol–water partition coefficient (Wildman–Crippen LogP) is 2.15. The van der Waals surface area contributed by atoms with Crippen molar-refractivity contribution in [2.45, 2.75) is 6.54 Å². The molecule has 0 unspecified atom stereocenters. The maximum absolute atomic E-state index is 13.2. The minimum atomic E-state index is -0.303. The number of nitrogens with one attached hydrogen (secondary N) is 1. The van der Waals surface area contributed by atoms with E-state index in [0.29, 0.717) is 23.8 Å². The first kappa shape index (κ1) is 12.4. The van der Waals surface area contributed by atoms with Crippen LogP contribution in [0.25, 0.3) is 0 Å². The fourth-order valence-electron chi connectivity index (χ4n) is 1.00. The molecule has 1 N–H and O–H groups in total. The van der Waals surface area contributed by atoms with Crippen LogP contribution >= 0.6 is 11.6 Å². The Hall–Kier alpha value is -0.680. The highest BCUT2D eigenvalue weighted by Crippen LogP contribution is 2.14. The van der Waals surface area contributed by atoms with E-state index in [9.17, 15) is 4.39 Å². The molecule has 0 spiro atoms. The molecule has 84 valence electrons. The van der Waals surface area contributed by atoms with E-state index in [4.69, 9.17) is 21.2 Å². The van der Waals surface area contributed by atoms with E-state index in [2.05, 4.69) is 5.48 Å². The number of methoxy groups -OCH3 is 1. The summed E-state index contributed by atoms with van der Waals surface area (Å²) in [4.78, 5) is 4.99. The van der Waals surface area contributed by atoms with E-state index < -0.39 is 0 Å². The topological polar surface area (TPSA) is 30.5 Å². The van der Waals surface area contributed by atoms with Crippen LogP contribution in [-0.2, 0) is 16.1 Å². The number of hydroxylamine groups is 1. The van der Waals surface area contributed by atoms with E-state index in [1.165, 1.54) is 12.1 Å². The molecule has 1 aromatic rings. The van der Waals surface area contributed by atoms with Gasteiger partial charge in [-0.1, -0.05) is 11.6 Å². The zero-order valence-electron chi connectivity index (χ0n) is 8.43. The first-order chi connectivity index (χ1) is 7.24. The van der Waals surface area contributed by atoms with Gasteiger partial charge in [0, 0.05) is 24.2 Å². The Morgan fingerprint density at radius 2 is 2.20 bits per heavy atom. The van der Waals surface area contributed by atoms with Crippen LogP contribution in [0.15, 0.2) is 18.2 Å². The van der Waals surface area contributed by atoms with E-state index in [1.54, 1.807) is 13.2 Å². The number of halogens is 2.